The van der Waals surface area contributed by atoms with E-state index >= 15 is 0 Å². The van der Waals surface area contributed by atoms with Crippen molar-refractivity contribution in [2.45, 2.75) is 33.1 Å². The lowest BCUT2D eigenvalue weighted by molar-refractivity contribution is -0.143. The zero-order valence-corrected chi connectivity index (χ0v) is 10.4. The summed E-state index contributed by atoms with van der Waals surface area (Å²) in [6, 6.07) is 1.94. The second-order valence-corrected chi connectivity index (χ2v) is 3.60. The summed E-state index contributed by atoms with van der Waals surface area (Å²) in [6.45, 7) is 3.89. The second-order valence-electron chi connectivity index (χ2n) is 3.60. The molecule has 1 aromatic rings. The number of aliphatic carboxylic acids is 2. The van der Waals surface area contributed by atoms with E-state index in [-0.39, 0.29) is 18.4 Å². The molecule has 0 aliphatic rings. The molecule has 0 aromatic carbocycles. The van der Waals surface area contributed by atoms with E-state index in [0.29, 0.717) is 0 Å². The Labute approximate surface area is 104 Å². The van der Waals surface area contributed by atoms with Gasteiger partial charge in [0.05, 0.1) is 12.8 Å². The van der Waals surface area contributed by atoms with Gasteiger partial charge >= 0.3 is 11.9 Å². The van der Waals surface area contributed by atoms with Gasteiger partial charge in [-0.05, 0) is 25.0 Å². The van der Waals surface area contributed by atoms with Gasteiger partial charge in [0.2, 0.25) is 0 Å². The number of aromatic nitrogens is 1. The van der Waals surface area contributed by atoms with E-state index in [1.54, 1.807) is 6.20 Å². The number of carbonyl (C=O) groups is 2. The molecule has 0 fully saturated rings. The standard InChI is InChI=1S/C8H11NO.C4H6O4/c1-3-7-4-5-9-8(10)6(7)2;5-3(6)1-2-4(7)8/h4-5H,3H2,1-2H3,(H,9,10);1-2H2,(H,5,6)(H,7,8). The van der Waals surface area contributed by atoms with Gasteiger partial charge < -0.3 is 15.2 Å². The molecule has 1 aromatic heterocycles. The van der Waals surface area contributed by atoms with Crippen molar-refractivity contribution in [2.24, 2.45) is 0 Å². The Bertz CT molecular complexity index is 450. The summed E-state index contributed by atoms with van der Waals surface area (Å²) in [6.07, 6.45) is 2.02. The van der Waals surface area contributed by atoms with Crippen LogP contribution in [-0.4, -0.2) is 27.1 Å². The first-order valence-corrected chi connectivity index (χ1v) is 5.49. The van der Waals surface area contributed by atoms with Gasteiger partial charge in [-0.1, -0.05) is 6.92 Å². The number of carboxylic acid groups (broad SMARTS) is 2. The Balaban J connectivity index is 0.000000331. The molecule has 0 radical (unpaired) electrons. The summed E-state index contributed by atoms with van der Waals surface area (Å²) >= 11 is 0. The number of pyridine rings is 1. The molecule has 0 amide bonds. The molecule has 0 unspecified atom stereocenters. The first-order valence-electron chi connectivity index (χ1n) is 5.49. The molecule has 1 rings (SSSR count). The third-order valence-electron chi connectivity index (χ3n) is 2.25. The van der Waals surface area contributed by atoms with Gasteiger partial charge in [0.25, 0.3) is 5.56 Å². The van der Waals surface area contributed by atoms with Gasteiger partial charge in [-0.3, -0.25) is 14.4 Å². The second kappa shape index (κ2) is 8.05. The zero-order valence-electron chi connectivity index (χ0n) is 10.4. The molecule has 3 N–H and O–H groups in total. The van der Waals surface area contributed by atoms with Crippen LogP contribution < -0.4 is 5.56 Å². The predicted octanol–water partition coefficient (Wildman–Crippen LogP) is 1.18. The van der Waals surface area contributed by atoms with Crippen LogP contribution in [0.25, 0.3) is 0 Å². The Hall–Kier alpha value is -2.11. The zero-order chi connectivity index (χ0) is 14.1. The summed E-state index contributed by atoms with van der Waals surface area (Å²) in [7, 11) is 0. The highest BCUT2D eigenvalue weighted by Gasteiger charge is 2.00. The van der Waals surface area contributed by atoms with E-state index in [9.17, 15) is 14.4 Å². The highest BCUT2D eigenvalue weighted by Crippen LogP contribution is 1.99. The summed E-state index contributed by atoms with van der Waals surface area (Å²) in [5, 5.41) is 15.8. The van der Waals surface area contributed by atoms with Crippen LogP contribution in [-0.2, 0) is 16.0 Å². The fourth-order valence-electron chi connectivity index (χ4n) is 1.19. The van der Waals surface area contributed by atoms with Crippen LogP contribution in [0.3, 0.4) is 0 Å². The lowest BCUT2D eigenvalue weighted by Gasteiger charge is -1.97. The Kier molecular flexibility index (Phi) is 7.11. The highest BCUT2D eigenvalue weighted by atomic mass is 16.4. The van der Waals surface area contributed by atoms with Crippen LogP contribution in [0.15, 0.2) is 17.1 Å². The lowest BCUT2D eigenvalue weighted by atomic mass is 10.1. The van der Waals surface area contributed by atoms with Crippen molar-refractivity contribution in [2.75, 3.05) is 0 Å². The van der Waals surface area contributed by atoms with Gasteiger partial charge in [0.1, 0.15) is 0 Å². The number of aromatic amines is 1. The predicted molar refractivity (Wildman–Crippen MR) is 65.7 cm³/mol. The molecule has 0 saturated heterocycles. The fraction of sp³-hybridized carbons (Fsp3) is 0.417. The first-order chi connectivity index (χ1) is 8.38. The average molecular weight is 255 g/mol. The average Bonchev–Trinajstić information content (AvgIpc) is 2.31. The SMILES string of the molecule is CCc1cc[nH]c(=O)c1C.O=C(O)CCC(=O)O. The van der Waals surface area contributed by atoms with Gasteiger partial charge in [0, 0.05) is 11.8 Å². The maximum Gasteiger partial charge on any atom is 0.303 e. The van der Waals surface area contributed by atoms with E-state index < -0.39 is 11.9 Å². The van der Waals surface area contributed by atoms with E-state index in [1.165, 1.54) is 0 Å². The molecule has 0 bridgehead atoms. The molecule has 0 atom stereocenters. The maximum absolute atomic E-state index is 10.9. The number of aryl methyl sites for hydroxylation is 1. The summed E-state index contributed by atoms with van der Waals surface area (Å²) in [5.74, 6) is -2.15. The third kappa shape index (κ3) is 6.47. The Morgan fingerprint density at radius 3 is 2.06 bits per heavy atom. The molecule has 6 heteroatoms. The minimum atomic E-state index is -1.08. The highest BCUT2D eigenvalue weighted by molar-refractivity contribution is 5.75. The number of H-pyrrole nitrogens is 1. The van der Waals surface area contributed by atoms with Crippen molar-refractivity contribution in [1.82, 2.24) is 4.98 Å². The number of hydrogen-bond acceptors (Lipinski definition) is 3. The van der Waals surface area contributed by atoms with Crippen LogP contribution in [0.2, 0.25) is 0 Å². The number of nitrogens with one attached hydrogen (secondary N) is 1. The largest absolute Gasteiger partial charge is 0.481 e. The van der Waals surface area contributed by atoms with E-state index in [4.69, 9.17) is 10.2 Å². The molecule has 1 heterocycles. The van der Waals surface area contributed by atoms with Crippen molar-refractivity contribution < 1.29 is 19.8 Å². The quantitative estimate of drug-likeness (QED) is 0.748. The fourth-order valence-corrected chi connectivity index (χ4v) is 1.19. The van der Waals surface area contributed by atoms with Crippen LogP contribution in [0, 0.1) is 6.92 Å². The third-order valence-corrected chi connectivity index (χ3v) is 2.25. The van der Waals surface area contributed by atoms with Crippen molar-refractivity contribution >= 4 is 11.9 Å². The normalized spacial score (nSPS) is 9.22. The molecule has 0 saturated carbocycles. The summed E-state index contributed by atoms with van der Waals surface area (Å²) in [5.41, 5.74) is 1.99. The molecule has 18 heavy (non-hydrogen) atoms. The first kappa shape index (κ1) is 15.9. The number of hydrogen-bond donors (Lipinski definition) is 3. The number of carboxylic acids is 2. The van der Waals surface area contributed by atoms with Crippen LogP contribution in [0.1, 0.15) is 30.9 Å². The van der Waals surface area contributed by atoms with Crippen molar-refractivity contribution in [1.29, 1.82) is 0 Å². The molecule has 0 spiro atoms. The molecule has 0 aliphatic carbocycles. The maximum atomic E-state index is 10.9. The van der Waals surface area contributed by atoms with Crippen LogP contribution >= 0.6 is 0 Å². The molecule has 100 valence electrons. The Morgan fingerprint density at radius 2 is 1.72 bits per heavy atom. The van der Waals surface area contributed by atoms with E-state index in [1.807, 2.05) is 19.9 Å². The van der Waals surface area contributed by atoms with Gasteiger partial charge in [-0.15, -0.1) is 0 Å². The topological polar surface area (TPSA) is 107 Å². The minimum Gasteiger partial charge on any atom is -0.481 e. The summed E-state index contributed by atoms with van der Waals surface area (Å²) in [4.78, 5) is 32.8. The van der Waals surface area contributed by atoms with Crippen LogP contribution in [0.4, 0.5) is 0 Å². The van der Waals surface area contributed by atoms with Gasteiger partial charge in [-0.2, -0.15) is 0 Å². The smallest absolute Gasteiger partial charge is 0.303 e. The van der Waals surface area contributed by atoms with Gasteiger partial charge in [-0.25, -0.2) is 0 Å². The van der Waals surface area contributed by atoms with E-state index in [2.05, 4.69) is 4.98 Å². The van der Waals surface area contributed by atoms with Crippen molar-refractivity contribution in [3.63, 3.8) is 0 Å². The molecule has 0 aliphatic heterocycles. The lowest BCUT2D eigenvalue weighted by Crippen LogP contribution is -2.10. The van der Waals surface area contributed by atoms with Crippen LogP contribution in [0.5, 0.6) is 0 Å². The van der Waals surface area contributed by atoms with Gasteiger partial charge in [0.15, 0.2) is 0 Å². The minimum absolute atomic E-state index is 0.0272. The Morgan fingerprint density at radius 1 is 1.22 bits per heavy atom. The monoisotopic (exact) mass is 255 g/mol. The molecular weight excluding hydrogens is 238 g/mol. The number of rotatable bonds is 4. The molecule has 6 nitrogen and oxygen atoms in total. The summed E-state index contributed by atoms with van der Waals surface area (Å²) < 4.78 is 0. The van der Waals surface area contributed by atoms with Crippen molar-refractivity contribution in [3.05, 3.63) is 33.7 Å². The van der Waals surface area contributed by atoms with E-state index in [0.717, 1.165) is 17.5 Å². The molecular formula is C12H17NO5. The van der Waals surface area contributed by atoms with Crippen molar-refractivity contribution in [3.8, 4) is 0 Å².